The van der Waals surface area contributed by atoms with Crippen molar-refractivity contribution in [1.29, 1.82) is 0 Å². The first-order valence-corrected chi connectivity index (χ1v) is 11.9. The molecule has 3 aromatic rings. The van der Waals surface area contributed by atoms with E-state index < -0.39 is 0 Å². The average molecular weight is 471 g/mol. The van der Waals surface area contributed by atoms with Crippen molar-refractivity contribution in [3.63, 3.8) is 0 Å². The first kappa shape index (κ1) is 24.2. The molecule has 35 heavy (non-hydrogen) atoms. The Hall–Kier alpha value is -3.90. The Morgan fingerprint density at radius 2 is 1.86 bits per heavy atom. The van der Waals surface area contributed by atoms with Gasteiger partial charge in [0.15, 0.2) is 11.5 Å². The quantitative estimate of drug-likeness (QED) is 0.348. The summed E-state index contributed by atoms with van der Waals surface area (Å²) in [6.45, 7) is 6.29. The number of nitrogens with one attached hydrogen (secondary N) is 1. The summed E-state index contributed by atoms with van der Waals surface area (Å²) in [5.41, 5.74) is 4.27. The fourth-order valence-electron chi connectivity index (χ4n) is 3.92. The SMILES string of the molecule is CCOCCCNC(=O)c1ccc(C=C2Oc3ccccc3N(Cc3cccc(C)c3)C2=O)cc1. The van der Waals surface area contributed by atoms with E-state index in [9.17, 15) is 9.59 Å². The Morgan fingerprint density at radius 3 is 2.63 bits per heavy atom. The minimum Gasteiger partial charge on any atom is -0.449 e. The molecule has 0 spiro atoms. The van der Waals surface area contributed by atoms with Crippen molar-refractivity contribution >= 4 is 23.6 Å². The average Bonchev–Trinajstić information content (AvgIpc) is 2.87. The highest BCUT2D eigenvalue weighted by atomic mass is 16.5. The highest BCUT2D eigenvalue weighted by Gasteiger charge is 2.30. The van der Waals surface area contributed by atoms with Crippen molar-refractivity contribution in [2.45, 2.75) is 26.8 Å². The van der Waals surface area contributed by atoms with E-state index in [0.717, 1.165) is 28.8 Å². The first-order valence-electron chi connectivity index (χ1n) is 11.9. The Labute approximate surface area is 206 Å². The largest absolute Gasteiger partial charge is 0.449 e. The van der Waals surface area contributed by atoms with Crippen molar-refractivity contribution in [3.05, 3.63) is 101 Å². The molecule has 0 radical (unpaired) electrons. The van der Waals surface area contributed by atoms with Crippen molar-refractivity contribution in [2.24, 2.45) is 0 Å². The number of rotatable bonds is 9. The Kier molecular flexibility index (Phi) is 7.95. The summed E-state index contributed by atoms with van der Waals surface area (Å²) in [7, 11) is 0. The number of benzene rings is 3. The molecule has 1 heterocycles. The topological polar surface area (TPSA) is 67.9 Å². The minimum absolute atomic E-state index is 0.135. The zero-order valence-corrected chi connectivity index (χ0v) is 20.1. The lowest BCUT2D eigenvalue weighted by atomic mass is 10.1. The third-order valence-corrected chi connectivity index (χ3v) is 5.68. The van der Waals surface area contributed by atoms with Gasteiger partial charge in [0.05, 0.1) is 12.2 Å². The van der Waals surface area contributed by atoms with Gasteiger partial charge in [-0.05, 0) is 61.7 Å². The zero-order valence-electron chi connectivity index (χ0n) is 20.1. The number of nitrogens with zero attached hydrogens (tertiary/aromatic N) is 1. The standard InChI is InChI=1S/C29H30N2O4/c1-3-34-17-7-16-30-28(32)24-14-12-22(13-15-24)19-27-29(33)31(20-23-9-6-8-21(2)18-23)25-10-4-5-11-26(25)35-27/h4-6,8-15,18-19H,3,7,16-17,20H2,1-2H3,(H,30,32). The molecule has 2 amide bonds. The van der Waals surface area contributed by atoms with Crippen LogP contribution in [0, 0.1) is 6.92 Å². The fourth-order valence-corrected chi connectivity index (χ4v) is 3.92. The molecule has 180 valence electrons. The molecule has 0 unspecified atom stereocenters. The Bertz CT molecular complexity index is 1220. The van der Waals surface area contributed by atoms with Gasteiger partial charge in [-0.15, -0.1) is 0 Å². The molecule has 0 aromatic heterocycles. The molecule has 1 aliphatic rings. The van der Waals surface area contributed by atoms with E-state index in [1.54, 1.807) is 23.1 Å². The van der Waals surface area contributed by atoms with E-state index in [4.69, 9.17) is 9.47 Å². The number of fused-ring (bicyclic) bond motifs is 1. The van der Waals surface area contributed by atoms with Gasteiger partial charge in [-0.3, -0.25) is 14.5 Å². The lowest BCUT2D eigenvalue weighted by Crippen LogP contribution is -2.36. The summed E-state index contributed by atoms with van der Waals surface area (Å²) in [4.78, 5) is 27.5. The highest BCUT2D eigenvalue weighted by molar-refractivity contribution is 6.09. The number of anilines is 1. The molecule has 0 fully saturated rings. The van der Waals surface area contributed by atoms with Crippen LogP contribution in [0.5, 0.6) is 5.75 Å². The predicted molar refractivity (Wildman–Crippen MR) is 137 cm³/mol. The second-order valence-corrected chi connectivity index (χ2v) is 8.39. The number of aryl methyl sites for hydroxylation is 1. The van der Waals surface area contributed by atoms with Crippen LogP contribution in [0.25, 0.3) is 6.08 Å². The van der Waals surface area contributed by atoms with E-state index in [1.165, 1.54) is 0 Å². The summed E-state index contributed by atoms with van der Waals surface area (Å²) in [5, 5.41) is 2.89. The van der Waals surface area contributed by atoms with Crippen molar-refractivity contribution < 1.29 is 19.1 Å². The zero-order chi connectivity index (χ0) is 24.6. The second-order valence-electron chi connectivity index (χ2n) is 8.39. The van der Waals surface area contributed by atoms with E-state index in [2.05, 4.69) is 11.4 Å². The summed E-state index contributed by atoms with van der Waals surface area (Å²) in [5.74, 6) is 0.531. The molecule has 0 aliphatic carbocycles. The van der Waals surface area contributed by atoms with Gasteiger partial charge in [-0.2, -0.15) is 0 Å². The van der Waals surface area contributed by atoms with Crippen molar-refractivity contribution in [3.8, 4) is 5.75 Å². The highest BCUT2D eigenvalue weighted by Crippen LogP contribution is 2.36. The van der Waals surface area contributed by atoms with Crippen molar-refractivity contribution in [2.75, 3.05) is 24.7 Å². The monoisotopic (exact) mass is 470 g/mol. The predicted octanol–water partition coefficient (Wildman–Crippen LogP) is 5.12. The second kappa shape index (κ2) is 11.5. The molecule has 0 saturated carbocycles. The molecule has 0 saturated heterocycles. The van der Waals surface area contributed by atoms with E-state index >= 15 is 0 Å². The van der Waals surface area contributed by atoms with Crippen LogP contribution in [0.2, 0.25) is 0 Å². The van der Waals surface area contributed by atoms with Gasteiger partial charge in [-0.25, -0.2) is 0 Å². The van der Waals surface area contributed by atoms with E-state index in [1.807, 2.05) is 68.4 Å². The maximum atomic E-state index is 13.4. The van der Waals surface area contributed by atoms with Crippen LogP contribution in [0.4, 0.5) is 5.69 Å². The maximum Gasteiger partial charge on any atom is 0.294 e. The number of amides is 2. The van der Waals surface area contributed by atoms with Crippen LogP contribution < -0.4 is 15.0 Å². The van der Waals surface area contributed by atoms with Crippen LogP contribution in [0.1, 0.15) is 40.4 Å². The number of hydrogen-bond donors (Lipinski definition) is 1. The van der Waals surface area contributed by atoms with Crippen LogP contribution in [-0.4, -0.2) is 31.6 Å². The van der Waals surface area contributed by atoms with Crippen LogP contribution >= 0.6 is 0 Å². The number of hydrogen-bond acceptors (Lipinski definition) is 4. The molecule has 1 N–H and O–H groups in total. The molecule has 1 aliphatic heterocycles. The van der Waals surface area contributed by atoms with Crippen LogP contribution in [0.3, 0.4) is 0 Å². The smallest absolute Gasteiger partial charge is 0.294 e. The molecule has 0 bridgehead atoms. The number of ether oxygens (including phenoxy) is 2. The third kappa shape index (κ3) is 6.16. The van der Waals surface area contributed by atoms with Gasteiger partial charge in [0.2, 0.25) is 0 Å². The molecular formula is C29H30N2O4. The molecular weight excluding hydrogens is 440 g/mol. The number of carbonyl (C=O) groups is 2. The molecule has 0 atom stereocenters. The van der Waals surface area contributed by atoms with Gasteiger partial charge >= 0.3 is 0 Å². The third-order valence-electron chi connectivity index (χ3n) is 5.68. The molecule has 3 aromatic carbocycles. The molecule has 6 nitrogen and oxygen atoms in total. The molecule has 4 rings (SSSR count). The molecule has 6 heteroatoms. The number of para-hydroxylation sites is 2. The van der Waals surface area contributed by atoms with E-state index in [-0.39, 0.29) is 17.6 Å². The van der Waals surface area contributed by atoms with E-state index in [0.29, 0.717) is 37.6 Å². The lowest BCUT2D eigenvalue weighted by Gasteiger charge is -2.30. The summed E-state index contributed by atoms with van der Waals surface area (Å²) < 4.78 is 11.3. The van der Waals surface area contributed by atoms with Gasteiger partial charge in [0, 0.05) is 25.3 Å². The lowest BCUT2D eigenvalue weighted by molar-refractivity contribution is -0.117. The van der Waals surface area contributed by atoms with Gasteiger partial charge in [-0.1, -0.05) is 54.1 Å². The summed E-state index contributed by atoms with van der Waals surface area (Å²) in [6.07, 6.45) is 2.48. The number of carbonyl (C=O) groups excluding carboxylic acids is 2. The van der Waals surface area contributed by atoms with Gasteiger partial charge < -0.3 is 14.8 Å². The minimum atomic E-state index is -0.207. The normalized spacial score (nSPS) is 13.9. The fraction of sp³-hybridized carbons (Fsp3) is 0.241. The summed E-state index contributed by atoms with van der Waals surface area (Å²) in [6, 6.07) is 22.8. The van der Waals surface area contributed by atoms with Crippen LogP contribution in [0.15, 0.2) is 78.6 Å². The Balaban J connectivity index is 1.50. The van der Waals surface area contributed by atoms with Gasteiger partial charge in [0.25, 0.3) is 11.8 Å². The van der Waals surface area contributed by atoms with Crippen molar-refractivity contribution in [1.82, 2.24) is 5.32 Å². The first-order chi connectivity index (χ1) is 17.0. The Morgan fingerprint density at radius 1 is 1.06 bits per heavy atom. The maximum absolute atomic E-state index is 13.4. The summed E-state index contributed by atoms with van der Waals surface area (Å²) >= 11 is 0. The van der Waals surface area contributed by atoms with Crippen LogP contribution in [-0.2, 0) is 16.1 Å². The van der Waals surface area contributed by atoms with Gasteiger partial charge in [0.1, 0.15) is 0 Å².